The van der Waals surface area contributed by atoms with E-state index in [0.717, 1.165) is 60.2 Å². The highest BCUT2D eigenvalue weighted by Crippen LogP contribution is 2.29. The molecule has 8 heteroatoms. The molecule has 0 saturated carbocycles. The lowest BCUT2D eigenvalue weighted by Crippen LogP contribution is -2.47. The molecule has 1 amide bonds. The van der Waals surface area contributed by atoms with E-state index in [1.165, 1.54) is 11.8 Å². The van der Waals surface area contributed by atoms with Crippen LogP contribution >= 0.6 is 11.8 Å². The van der Waals surface area contributed by atoms with E-state index in [2.05, 4.69) is 26.2 Å². The molecular formula is C25H29N5O2S. The molecule has 1 fully saturated rings. The summed E-state index contributed by atoms with van der Waals surface area (Å²) in [5, 5.41) is 3.62. The molecule has 0 spiro atoms. The number of thioether (sulfide) groups is 1. The number of ether oxygens (including phenoxy) is 1. The minimum Gasteiger partial charge on any atom is -0.495 e. The molecule has 0 unspecified atom stereocenters. The average molecular weight is 464 g/mol. The zero-order valence-corrected chi connectivity index (χ0v) is 20.1. The lowest BCUT2D eigenvalue weighted by atomic mass is 10.1. The molecule has 0 aliphatic carbocycles. The van der Waals surface area contributed by atoms with Gasteiger partial charge in [0.1, 0.15) is 11.6 Å². The number of methoxy groups -OCH3 is 1. The Kier molecular flexibility index (Phi) is 7.34. The van der Waals surface area contributed by atoms with E-state index in [0.29, 0.717) is 5.16 Å². The fourth-order valence-electron chi connectivity index (χ4n) is 3.96. The van der Waals surface area contributed by atoms with Crippen LogP contribution in [0.5, 0.6) is 5.75 Å². The van der Waals surface area contributed by atoms with Gasteiger partial charge in [-0.25, -0.2) is 9.97 Å². The van der Waals surface area contributed by atoms with Crippen molar-refractivity contribution in [2.75, 3.05) is 54.2 Å². The summed E-state index contributed by atoms with van der Waals surface area (Å²) in [6.45, 7) is 7.46. The molecule has 1 aliphatic heterocycles. The van der Waals surface area contributed by atoms with Crippen LogP contribution in [0.2, 0.25) is 0 Å². The molecule has 0 atom stereocenters. The van der Waals surface area contributed by atoms with Crippen molar-refractivity contribution >= 4 is 34.9 Å². The molecule has 1 aliphatic rings. The monoisotopic (exact) mass is 463 g/mol. The van der Waals surface area contributed by atoms with Gasteiger partial charge in [-0.2, -0.15) is 0 Å². The minimum atomic E-state index is -0.0585. The first-order valence-electron chi connectivity index (χ1n) is 11.0. The number of piperazine rings is 1. The number of carbonyl (C=O) groups is 1. The molecule has 1 N–H and O–H groups in total. The van der Waals surface area contributed by atoms with Crippen molar-refractivity contribution in [1.29, 1.82) is 0 Å². The predicted octanol–water partition coefficient (Wildman–Crippen LogP) is 4.16. The second-order valence-corrected chi connectivity index (χ2v) is 8.89. The third-order valence-electron chi connectivity index (χ3n) is 5.73. The molecule has 33 heavy (non-hydrogen) atoms. The maximum Gasteiger partial charge on any atom is 0.234 e. The van der Waals surface area contributed by atoms with Crippen LogP contribution in [0.25, 0.3) is 0 Å². The third-order valence-corrected chi connectivity index (χ3v) is 6.59. The summed E-state index contributed by atoms with van der Waals surface area (Å²) in [7, 11) is 1.71. The van der Waals surface area contributed by atoms with Gasteiger partial charge in [-0.05, 0) is 43.2 Å². The van der Waals surface area contributed by atoms with Gasteiger partial charge in [0.05, 0.1) is 18.6 Å². The number of nitrogens with one attached hydrogen (secondary N) is 1. The third kappa shape index (κ3) is 5.57. The van der Waals surface area contributed by atoms with E-state index in [4.69, 9.17) is 9.72 Å². The Morgan fingerprint density at radius 3 is 2.42 bits per heavy atom. The number of benzene rings is 2. The molecule has 4 rings (SSSR count). The fraction of sp³-hybridized carbons (Fsp3) is 0.320. The van der Waals surface area contributed by atoms with Gasteiger partial charge in [0.25, 0.3) is 0 Å². The number of para-hydroxylation sites is 3. The van der Waals surface area contributed by atoms with Crippen molar-refractivity contribution in [2.45, 2.75) is 19.0 Å². The Hall–Kier alpha value is -3.26. The summed E-state index contributed by atoms with van der Waals surface area (Å²) < 4.78 is 5.51. The number of hydrogen-bond donors (Lipinski definition) is 1. The van der Waals surface area contributed by atoms with Gasteiger partial charge in [0.15, 0.2) is 5.16 Å². The van der Waals surface area contributed by atoms with Crippen molar-refractivity contribution in [3.8, 4) is 5.75 Å². The minimum absolute atomic E-state index is 0.0585. The summed E-state index contributed by atoms with van der Waals surface area (Å²) in [6, 6.07) is 16.0. The Morgan fingerprint density at radius 1 is 1.00 bits per heavy atom. The molecule has 2 aromatic carbocycles. The fourth-order valence-corrected chi connectivity index (χ4v) is 4.59. The van der Waals surface area contributed by atoms with Crippen LogP contribution in [0.1, 0.15) is 11.1 Å². The standard InChI is InChI=1S/C25H29N5O2S/c1-18-7-6-8-19(2)24(18)28-23(31)17-33-25-26-12-11-22(27-25)30-15-13-29(14-16-30)20-9-4-5-10-21(20)32-3/h4-12H,13-17H2,1-3H3,(H,28,31). The van der Waals surface area contributed by atoms with Gasteiger partial charge in [0.2, 0.25) is 5.91 Å². The van der Waals surface area contributed by atoms with Gasteiger partial charge < -0.3 is 19.9 Å². The van der Waals surface area contributed by atoms with Crippen LogP contribution < -0.4 is 19.9 Å². The van der Waals surface area contributed by atoms with Crippen LogP contribution in [0.15, 0.2) is 59.9 Å². The molecule has 0 bridgehead atoms. The van der Waals surface area contributed by atoms with Gasteiger partial charge in [-0.3, -0.25) is 4.79 Å². The summed E-state index contributed by atoms with van der Waals surface area (Å²) in [5.41, 5.74) is 4.11. The zero-order valence-electron chi connectivity index (χ0n) is 19.2. The summed E-state index contributed by atoms with van der Waals surface area (Å²) in [4.78, 5) is 26.1. The molecule has 1 aromatic heterocycles. The molecular weight excluding hydrogens is 434 g/mol. The number of aromatic nitrogens is 2. The maximum atomic E-state index is 12.5. The van der Waals surface area contributed by atoms with Crippen LogP contribution in [0.4, 0.5) is 17.2 Å². The van der Waals surface area contributed by atoms with Crippen LogP contribution in [-0.2, 0) is 4.79 Å². The molecule has 3 aromatic rings. The molecule has 7 nitrogen and oxygen atoms in total. The Bertz CT molecular complexity index is 1100. The Morgan fingerprint density at radius 2 is 1.70 bits per heavy atom. The molecule has 172 valence electrons. The van der Waals surface area contributed by atoms with Crippen LogP contribution in [0, 0.1) is 13.8 Å². The highest BCUT2D eigenvalue weighted by atomic mass is 32.2. The quantitative estimate of drug-likeness (QED) is 0.417. The largest absolute Gasteiger partial charge is 0.495 e. The van der Waals surface area contributed by atoms with Crippen molar-refractivity contribution in [1.82, 2.24) is 9.97 Å². The average Bonchev–Trinajstić information content (AvgIpc) is 2.85. The molecule has 0 radical (unpaired) electrons. The summed E-state index contributed by atoms with van der Waals surface area (Å²) in [5.74, 6) is 1.99. The Balaban J connectivity index is 1.33. The van der Waals surface area contributed by atoms with Gasteiger partial charge >= 0.3 is 0 Å². The number of anilines is 3. The van der Waals surface area contributed by atoms with Crippen molar-refractivity contribution in [3.63, 3.8) is 0 Å². The van der Waals surface area contributed by atoms with E-state index in [-0.39, 0.29) is 11.7 Å². The van der Waals surface area contributed by atoms with Crippen LogP contribution in [-0.4, -0.2) is 54.9 Å². The van der Waals surface area contributed by atoms with Crippen LogP contribution in [0.3, 0.4) is 0 Å². The number of amides is 1. The van der Waals surface area contributed by atoms with E-state index < -0.39 is 0 Å². The first kappa shape index (κ1) is 22.9. The first-order chi connectivity index (χ1) is 16.0. The predicted molar refractivity (Wildman–Crippen MR) is 135 cm³/mol. The van der Waals surface area contributed by atoms with Gasteiger partial charge in [-0.15, -0.1) is 0 Å². The van der Waals surface area contributed by atoms with Crippen molar-refractivity contribution in [2.24, 2.45) is 0 Å². The normalized spacial score (nSPS) is 13.7. The summed E-state index contributed by atoms with van der Waals surface area (Å²) >= 11 is 1.35. The summed E-state index contributed by atoms with van der Waals surface area (Å²) in [6.07, 6.45) is 1.76. The highest BCUT2D eigenvalue weighted by Gasteiger charge is 2.21. The van der Waals surface area contributed by atoms with Crippen molar-refractivity contribution in [3.05, 3.63) is 65.9 Å². The second kappa shape index (κ2) is 10.6. The first-order valence-corrected chi connectivity index (χ1v) is 12.0. The number of carbonyl (C=O) groups excluding carboxylic acids is 1. The lowest BCUT2D eigenvalue weighted by Gasteiger charge is -2.37. The zero-order chi connectivity index (χ0) is 23.2. The van der Waals surface area contributed by atoms with E-state index >= 15 is 0 Å². The smallest absolute Gasteiger partial charge is 0.234 e. The number of aryl methyl sites for hydroxylation is 2. The lowest BCUT2D eigenvalue weighted by molar-refractivity contribution is -0.113. The maximum absolute atomic E-state index is 12.5. The van der Waals surface area contributed by atoms with E-state index in [1.54, 1.807) is 13.3 Å². The van der Waals surface area contributed by atoms with Crippen molar-refractivity contribution < 1.29 is 9.53 Å². The molecule has 2 heterocycles. The Labute approximate surface area is 199 Å². The number of nitrogens with zero attached hydrogens (tertiary/aromatic N) is 4. The second-order valence-electron chi connectivity index (χ2n) is 7.95. The van der Waals surface area contributed by atoms with Gasteiger partial charge in [-0.1, -0.05) is 42.1 Å². The highest BCUT2D eigenvalue weighted by molar-refractivity contribution is 7.99. The van der Waals surface area contributed by atoms with E-state index in [1.807, 2.05) is 56.3 Å². The van der Waals surface area contributed by atoms with Gasteiger partial charge in [0, 0.05) is 38.1 Å². The molecule has 1 saturated heterocycles. The number of rotatable bonds is 7. The number of hydrogen-bond acceptors (Lipinski definition) is 7. The SMILES string of the molecule is COc1ccccc1N1CCN(c2ccnc(SCC(=O)Nc3c(C)cccc3C)n2)CC1. The topological polar surface area (TPSA) is 70.6 Å². The van der Waals surface area contributed by atoms with E-state index in [9.17, 15) is 4.79 Å².